The first-order valence-electron chi connectivity index (χ1n) is 6.29. The quantitative estimate of drug-likeness (QED) is 0.864. The fraction of sp³-hybridized carbons (Fsp3) is 0.571. The van der Waals surface area contributed by atoms with Gasteiger partial charge in [0.1, 0.15) is 5.75 Å². The van der Waals surface area contributed by atoms with Crippen LogP contribution in [0.15, 0.2) is 24.3 Å². The van der Waals surface area contributed by atoms with Crippen LogP contribution < -0.4 is 10.1 Å². The summed E-state index contributed by atoms with van der Waals surface area (Å²) >= 11 is 0. The molecule has 1 aromatic rings. The van der Waals surface area contributed by atoms with E-state index in [1.165, 1.54) is 5.56 Å². The maximum atomic E-state index is 5.17. The molecule has 94 valence electrons. The topological polar surface area (TPSA) is 24.5 Å². The average Bonchev–Trinajstić information content (AvgIpc) is 2.35. The molecule has 1 saturated heterocycles. The highest BCUT2D eigenvalue weighted by Crippen LogP contribution is 2.15. The summed E-state index contributed by atoms with van der Waals surface area (Å²) in [4.78, 5) is 2.53. The lowest BCUT2D eigenvalue weighted by molar-refractivity contribution is 0.139. The van der Waals surface area contributed by atoms with Gasteiger partial charge in [-0.05, 0) is 31.5 Å². The number of ether oxygens (including phenoxy) is 1. The minimum Gasteiger partial charge on any atom is -0.497 e. The summed E-state index contributed by atoms with van der Waals surface area (Å²) in [6.07, 6.45) is 0. The molecule has 0 radical (unpaired) electrons. The number of hydrogen-bond donors (Lipinski definition) is 1. The molecule has 1 aliphatic rings. The smallest absolute Gasteiger partial charge is 0.118 e. The van der Waals surface area contributed by atoms with Gasteiger partial charge < -0.3 is 10.1 Å². The van der Waals surface area contributed by atoms with Crippen molar-refractivity contribution in [2.75, 3.05) is 20.2 Å². The van der Waals surface area contributed by atoms with E-state index in [1.807, 2.05) is 12.1 Å². The lowest BCUT2D eigenvalue weighted by Gasteiger charge is -2.37. The van der Waals surface area contributed by atoms with Crippen molar-refractivity contribution in [2.45, 2.75) is 32.5 Å². The molecule has 17 heavy (non-hydrogen) atoms. The highest BCUT2D eigenvalue weighted by Gasteiger charge is 2.21. The second-order valence-corrected chi connectivity index (χ2v) is 4.94. The molecule has 1 N–H and O–H groups in total. The van der Waals surface area contributed by atoms with E-state index in [2.05, 4.69) is 36.2 Å². The van der Waals surface area contributed by atoms with Crippen LogP contribution in [0.3, 0.4) is 0 Å². The highest BCUT2D eigenvalue weighted by atomic mass is 16.5. The number of rotatable bonds is 3. The van der Waals surface area contributed by atoms with Crippen molar-refractivity contribution in [2.24, 2.45) is 0 Å². The number of methoxy groups -OCH3 is 1. The van der Waals surface area contributed by atoms with Crippen molar-refractivity contribution in [3.63, 3.8) is 0 Å². The Morgan fingerprint density at radius 3 is 2.65 bits per heavy atom. The first-order valence-corrected chi connectivity index (χ1v) is 6.29. The largest absolute Gasteiger partial charge is 0.497 e. The Kier molecular flexibility index (Phi) is 4.02. The third-order valence-corrected chi connectivity index (χ3v) is 3.44. The van der Waals surface area contributed by atoms with E-state index in [4.69, 9.17) is 4.74 Å². The van der Waals surface area contributed by atoms with Crippen molar-refractivity contribution < 1.29 is 4.74 Å². The van der Waals surface area contributed by atoms with E-state index in [0.717, 1.165) is 25.4 Å². The fourth-order valence-electron chi connectivity index (χ4n) is 2.28. The van der Waals surface area contributed by atoms with E-state index in [9.17, 15) is 0 Å². The molecule has 1 heterocycles. The van der Waals surface area contributed by atoms with Crippen LogP contribution in [0.5, 0.6) is 5.75 Å². The fourth-order valence-corrected chi connectivity index (χ4v) is 2.28. The van der Waals surface area contributed by atoms with Gasteiger partial charge in [-0.25, -0.2) is 0 Å². The summed E-state index contributed by atoms with van der Waals surface area (Å²) in [6.45, 7) is 7.75. The van der Waals surface area contributed by atoms with Gasteiger partial charge in [-0.15, -0.1) is 0 Å². The predicted molar refractivity (Wildman–Crippen MR) is 70.3 cm³/mol. The van der Waals surface area contributed by atoms with Crippen molar-refractivity contribution in [1.82, 2.24) is 10.2 Å². The summed E-state index contributed by atoms with van der Waals surface area (Å²) in [5, 5.41) is 3.50. The van der Waals surface area contributed by atoms with Crippen LogP contribution in [0.4, 0.5) is 0 Å². The van der Waals surface area contributed by atoms with Crippen LogP contribution in [0.1, 0.15) is 19.4 Å². The van der Waals surface area contributed by atoms with E-state index in [1.54, 1.807) is 7.11 Å². The van der Waals surface area contributed by atoms with Crippen LogP contribution in [-0.4, -0.2) is 37.2 Å². The zero-order chi connectivity index (χ0) is 12.3. The number of hydrogen-bond acceptors (Lipinski definition) is 3. The van der Waals surface area contributed by atoms with Crippen molar-refractivity contribution in [1.29, 1.82) is 0 Å². The van der Waals surface area contributed by atoms with Crippen molar-refractivity contribution in [3.8, 4) is 5.75 Å². The van der Waals surface area contributed by atoms with E-state index in [0.29, 0.717) is 12.1 Å². The molecule has 1 aliphatic heterocycles. The van der Waals surface area contributed by atoms with E-state index < -0.39 is 0 Å². The van der Waals surface area contributed by atoms with Crippen LogP contribution in [-0.2, 0) is 6.54 Å². The molecule has 0 aromatic heterocycles. The molecule has 3 nitrogen and oxygen atoms in total. The minimum atomic E-state index is 0.587. The van der Waals surface area contributed by atoms with Gasteiger partial charge in [0.05, 0.1) is 7.11 Å². The zero-order valence-electron chi connectivity index (χ0n) is 10.9. The monoisotopic (exact) mass is 234 g/mol. The van der Waals surface area contributed by atoms with Crippen LogP contribution in [0.2, 0.25) is 0 Å². The molecular weight excluding hydrogens is 212 g/mol. The highest BCUT2D eigenvalue weighted by molar-refractivity contribution is 5.27. The van der Waals surface area contributed by atoms with E-state index in [-0.39, 0.29) is 0 Å². The van der Waals surface area contributed by atoms with Gasteiger partial charge >= 0.3 is 0 Å². The molecule has 0 saturated carbocycles. The van der Waals surface area contributed by atoms with Crippen molar-refractivity contribution in [3.05, 3.63) is 29.8 Å². The van der Waals surface area contributed by atoms with Gasteiger partial charge in [0, 0.05) is 31.7 Å². The second-order valence-electron chi connectivity index (χ2n) is 4.94. The Balaban J connectivity index is 1.98. The third-order valence-electron chi connectivity index (χ3n) is 3.44. The molecule has 0 aliphatic carbocycles. The van der Waals surface area contributed by atoms with Crippen molar-refractivity contribution >= 4 is 0 Å². The second kappa shape index (κ2) is 5.52. The molecule has 2 atom stereocenters. The molecule has 0 bridgehead atoms. The van der Waals surface area contributed by atoms with Crippen LogP contribution in [0.25, 0.3) is 0 Å². The zero-order valence-corrected chi connectivity index (χ0v) is 10.9. The van der Waals surface area contributed by atoms with Crippen LogP contribution >= 0.6 is 0 Å². The number of piperazine rings is 1. The summed E-state index contributed by atoms with van der Waals surface area (Å²) < 4.78 is 5.17. The first-order chi connectivity index (χ1) is 8.19. The molecule has 2 unspecified atom stereocenters. The standard InChI is InChI=1S/C14H22N2O/c1-11-9-16(12(2)8-15-11)10-13-4-6-14(17-3)7-5-13/h4-7,11-12,15H,8-10H2,1-3H3. The summed E-state index contributed by atoms with van der Waals surface area (Å²) in [5.41, 5.74) is 1.35. The Morgan fingerprint density at radius 1 is 1.29 bits per heavy atom. The lowest BCUT2D eigenvalue weighted by atomic mass is 10.1. The SMILES string of the molecule is COc1ccc(CN2CC(C)NCC2C)cc1. The minimum absolute atomic E-state index is 0.587. The summed E-state index contributed by atoms with van der Waals surface area (Å²) in [7, 11) is 1.70. The summed E-state index contributed by atoms with van der Waals surface area (Å²) in [5.74, 6) is 0.926. The molecular formula is C14H22N2O. The molecule has 2 rings (SSSR count). The Hall–Kier alpha value is -1.06. The van der Waals surface area contributed by atoms with Gasteiger partial charge in [-0.2, -0.15) is 0 Å². The van der Waals surface area contributed by atoms with Gasteiger partial charge in [0.15, 0.2) is 0 Å². The van der Waals surface area contributed by atoms with Gasteiger partial charge in [0.2, 0.25) is 0 Å². The molecule has 1 fully saturated rings. The summed E-state index contributed by atoms with van der Waals surface area (Å²) in [6, 6.07) is 9.56. The van der Waals surface area contributed by atoms with E-state index >= 15 is 0 Å². The number of benzene rings is 1. The Morgan fingerprint density at radius 2 is 2.00 bits per heavy atom. The third kappa shape index (κ3) is 3.20. The average molecular weight is 234 g/mol. The van der Waals surface area contributed by atoms with Gasteiger partial charge in [-0.1, -0.05) is 12.1 Å². The predicted octanol–water partition coefficient (Wildman–Crippen LogP) is 1.88. The maximum absolute atomic E-state index is 5.17. The van der Waals surface area contributed by atoms with Gasteiger partial charge in [-0.3, -0.25) is 4.90 Å². The normalized spacial score (nSPS) is 25.8. The lowest BCUT2D eigenvalue weighted by Crippen LogP contribution is -2.53. The number of nitrogens with zero attached hydrogens (tertiary/aromatic N) is 1. The number of nitrogens with one attached hydrogen (secondary N) is 1. The molecule has 3 heteroatoms. The first kappa shape index (κ1) is 12.4. The molecule has 1 aromatic carbocycles. The molecule has 0 amide bonds. The molecule has 0 spiro atoms. The Bertz CT molecular complexity index is 350. The maximum Gasteiger partial charge on any atom is 0.118 e. The van der Waals surface area contributed by atoms with Crippen LogP contribution in [0, 0.1) is 0 Å². The Labute approximate surface area is 104 Å². The van der Waals surface area contributed by atoms with Gasteiger partial charge in [0.25, 0.3) is 0 Å².